The highest BCUT2D eigenvalue weighted by atomic mass is 32.2. The van der Waals surface area contributed by atoms with Crippen molar-refractivity contribution in [2.24, 2.45) is 11.7 Å². The van der Waals surface area contributed by atoms with Crippen LogP contribution >= 0.6 is 0 Å². The lowest BCUT2D eigenvalue weighted by molar-refractivity contribution is -0.123. The minimum atomic E-state index is -3.36. The van der Waals surface area contributed by atoms with E-state index in [0.29, 0.717) is 42.7 Å². The number of rotatable bonds is 4. The molecule has 0 aliphatic carbocycles. The topological polar surface area (TPSA) is 110 Å². The fraction of sp³-hybridized carbons (Fsp3) is 0.467. The van der Waals surface area contributed by atoms with Crippen LogP contribution in [0.15, 0.2) is 18.2 Å². The standard InChI is InChI=1S/C15H21N3O4S/c1-10-9-12(3-4-13(10)17-23(2,21)22)15(20)18-7-5-11(6-8-18)14(16)19/h3-4,9,11,17H,5-8H2,1-2H3,(H2,16,19). The number of amides is 2. The molecule has 0 unspecified atom stereocenters. The van der Waals surface area contributed by atoms with Crippen molar-refractivity contribution in [3.63, 3.8) is 0 Å². The van der Waals surface area contributed by atoms with Crippen LogP contribution in [0.25, 0.3) is 0 Å². The van der Waals surface area contributed by atoms with E-state index in [1.54, 1.807) is 30.0 Å². The van der Waals surface area contributed by atoms with E-state index < -0.39 is 10.0 Å². The molecule has 1 saturated heterocycles. The highest BCUT2D eigenvalue weighted by Gasteiger charge is 2.26. The summed E-state index contributed by atoms with van der Waals surface area (Å²) in [6, 6.07) is 4.85. The van der Waals surface area contributed by atoms with Crippen molar-refractivity contribution in [3.05, 3.63) is 29.3 Å². The van der Waals surface area contributed by atoms with Gasteiger partial charge in [0, 0.05) is 24.6 Å². The van der Waals surface area contributed by atoms with Gasteiger partial charge in [-0.2, -0.15) is 0 Å². The summed E-state index contributed by atoms with van der Waals surface area (Å²) in [5, 5.41) is 0. The quantitative estimate of drug-likeness (QED) is 0.841. The maximum atomic E-state index is 12.5. The zero-order valence-electron chi connectivity index (χ0n) is 13.2. The van der Waals surface area contributed by atoms with Crippen LogP contribution in [0, 0.1) is 12.8 Å². The lowest BCUT2D eigenvalue weighted by atomic mass is 9.95. The van der Waals surface area contributed by atoms with E-state index in [2.05, 4.69) is 4.72 Å². The third kappa shape index (κ3) is 4.44. The number of anilines is 1. The van der Waals surface area contributed by atoms with Crippen LogP contribution in [0.1, 0.15) is 28.8 Å². The van der Waals surface area contributed by atoms with Crippen molar-refractivity contribution >= 4 is 27.5 Å². The van der Waals surface area contributed by atoms with E-state index in [0.717, 1.165) is 6.26 Å². The van der Waals surface area contributed by atoms with E-state index in [9.17, 15) is 18.0 Å². The molecule has 0 radical (unpaired) electrons. The molecular formula is C15H21N3O4S. The third-order valence-electron chi connectivity index (χ3n) is 3.95. The lowest BCUT2D eigenvalue weighted by Gasteiger charge is -2.30. The van der Waals surface area contributed by atoms with Crippen molar-refractivity contribution in [1.82, 2.24) is 4.90 Å². The molecule has 23 heavy (non-hydrogen) atoms. The average molecular weight is 339 g/mol. The summed E-state index contributed by atoms with van der Waals surface area (Å²) < 4.78 is 25.0. The largest absolute Gasteiger partial charge is 0.369 e. The number of aryl methyl sites for hydroxylation is 1. The van der Waals surface area contributed by atoms with Gasteiger partial charge in [-0.3, -0.25) is 14.3 Å². The van der Waals surface area contributed by atoms with E-state index in [1.807, 2.05) is 0 Å². The van der Waals surface area contributed by atoms with Gasteiger partial charge in [-0.1, -0.05) is 0 Å². The first kappa shape index (κ1) is 17.3. The number of nitrogens with zero attached hydrogens (tertiary/aromatic N) is 1. The number of carbonyl (C=O) groups is 2. The van der Waals surface area contributed by atoms with Gasteiger partial charge in [0.2, 0.25) is 15.9 Å². The first-order chi connectivity index (χ1) is 10.7. The lowest BCUT2D eigenvalue weighted by Crippen LogP contribution is -2.41. The van der Waals surface area contributed by atoms with Gasteiger partial charge in [-0.15, -0.1) is 0 Å². The number of carbonyl (C=O) groups excluding carboxylic acids is 2. The Kier molecular flexibility index (Phi) is 4.93. The van der Waals surface area contributed by atoms with Gasteiger partial charge in [0.05, 0.1) is 11.9 Å². The summed E-state index contributed by atoms with van der Waals surface area (Å²) >= 11 is 0. The Balaban J connectivity index is 2.09. The Morgan fingerprint density at radius 3 is 2.35 bits per heavy atom. The molecule has 0 bridgehead atoms. The summed E-state index contributed by atoms with van der Waals surface area (Å²) in [6.07, 6.45) is 2.23. The van der Waals surface area contributed by atoms with Crippen LogP contribution in [-0.4, -0.2) is 44.5 Å². The Labute approximate surface area is 135 Å². The third-order valence-corrected chi connectivity index (χ3v) is 4.54. The maximum absolute atomic E-state index is 12.5. The van der Waals surface area contributed by atoms with Crippen LogP contribution < -0.4 is 10.5 Å². The second-order valence-corrected chi connectivity index (χ2v) is 7.62. The Morgan fingerprint density at radius 2 is 1.87 bits per heavy atom. The van der Waals surface area contributed by atoms with Crippen molar-refractivity contribution in [1.29, 1.82) is 0 Å². The van der Waals surface area contributed by atoms with E-state index in [-0.39, 0.29) is 17.7 Å². The van der Waals surface area contributed by atoms with Gasteiger partial charge in [0.25, 0.3) is 5.91 Å². The van der Waals surface area contributed by atoms with Crippen molar-refractivity contribution < 1.29 is 18.0 Å². The first-order valence-corrected chi connectivity index (χ1v) is 9.23. The number of nitrogens with two attached hydrogens (primary N) is 1. The fourth-order valence-electron chi connectivity index (χ4n) is 2.66. The minimum absolute atomic E-state index is 0.123. The van der Waals surface area contributed by atoms with Gasteiger partial charge < -0.3 is 10.6 Å². The number of hydrogen-bond acceptors (Lipinski definition) is 4. The maximum Gasteiger partial charge on any atom is 0.253 e. The zero-order chi connectivity index (χ0) is 17.2. The molecule has 0 spiro atoms. The molecule has 8 heteroatoms. The van der Waals surface area contributed by atoms with Crippen LogP contribution in [0.5, 0.6) is 0 Å². The predicted octanol–water partition coefficient (Wildman–Crippen LogP) is 0.704. The normalized spacial score (nSPS) is 16.2. The Morgan fingerprint density at radius 1 is 1.26 bits per heavy atom. The van der Waals surface area contributed by atoms with E-state index in [4.69, 9.17) is 5.73 Å². The van der Waals surface area contributed by atoms with Crippen LogP contribution in [0.4, 0.5) is 5.69 Å². The molecular weight excluding hydrogens is 318 g/mol. The average Bonchev–Trinajstić information content (AvgIpc) is 2.47. The van der Waals surface area contributed by atoms with E-state index >= 15 is 0 Å². The molecule has 3 N–H and O–H groups in total. The van der Waals surface area contributed by atoms with Crippen LogP contribution in [0.3, 0.4) is 0 Å². The number of benzene rings is 1. The monoisotopic (exact) mass is 339 g/mol. The summed E-state index contributed by atoms with van der Waals surface area (Å²) in [5.74, 6) is -0.604. The van der Waals surface area contributed by atoms with Crippen LogP contribution in [-0.2, 0) is 14.8 Å². The predicted molar refractivity (Wildman–Crippen MR) is 87.5 cm³/mol. The second kappa shape index (κ2) is 6.57. The first-order valence-electron chi connectivity index (χ1n) is 7.34. The SMILES string of the molecule is Cc1cc(C(=O)N2CCC(C(N)=O)CC2)ccc1NS(C)(=O)=O. The smallest absolute Gasteiger partial charge is 0.253 e. The number of nitrogens with one attached hydrogen (secondary N) is 1. The molecule has 0 atom stereocenters. The van der Waals surface area contributed by atoms with Gasteiger partial charge in [-0.25, -0.2) is 8.42 Å². The number of hydrogen-bond donors (Lipinski definition) is 2. The summed E-state index contributed by atoms with van der Waals surface area (Å²) in [5.41, 5.74) is 6.92. The number of primary amides is 1. The van der Waals surface area contributed by atoms with Crippen LogP contribution in [0.2, 0.25) is 0 Å². The number of piperidine rings is 1. The second-order valence-electron chi connectivity index (χ2n) is 5.87. The Hall–Kier alpha value is -2.09. The molecule has 1 aliphatic rings. The molecule has 126 valence electrons. The van der Waals surface area contributed by atoms with Gasteiger partial charge in [0.1, 0.15) is 0 Å². The van der Waals surface area contributed by atoms with Gasteiger partial charge >= 0.3 is 0 Å². The molecule has 7 nitrogen and oxygen atoms in total. The molecule has 0 saturated carbocycles. The Bertz CT molecular complexity index is 722. The summed E-state index contributed by atoms with van der Waals surface area (Å²) in [6.45, 7) is 2.73. The number of sulfonamides is 1. The molecule has 1 aromatic carbocycles. The zero-order valence-corrected chi connectivity index (χ0v) is 14.0. The van der Waals surface area contributed by atoms with Gasteiger partial charge in [-0.05, 0) is 43.5 Å². The van der Waals surface area contributed by atoms with Gasteiger partial charge in [0.15, 0.2) is 0 Å². The highest BCUT2D eigenvalue weighted by Crippen LogP contribution is 2.22. The molecule has 1 aliphatic heterocycles. The van der Waals surface area contributed by atoms with Crippen molar-refractivity contribution in [2.45, 2.75) is 19.8 Å². The van der Waals surface area contributed by atoms with E-state index in [1.165, 1.54) is 0 Å². The molecule has 0 aromatic heterocycles. The molecule has 1 fully saturated rings. The summed E-state index contributed by atoms with van der Waals surface area (Å²) in [7, 11) is -3.36. The van der Waals surface area contributed by atoms with Crippen molar-refractivity contribution in [3.8, 4) is 0 Å². The molecule has 1 aromatic rings. The minimum Gasteiger partial charge on any atom is -0.369 e. The van der Waals surface area contributed by atoms with Crippen molar-refractivity contribution in [2.75, 3.05) is 24.1 Å². The molecule has 1 heterocycles. The molecule has 2 rings (SSSR count). The molecule has 2 amide bonds. The fourth-order valence-corrected chi connectivity index (χ4v) is 3.29. The highest BCUT2D eigenvalue weighted by molar-refractivity contribution is 7.92. The number of likely N-dealkylation sites (tertiary alicyclic amines) is 1. The summed E-state index contributed by atoms with van der Waals surface area (Å²) in [4.78, 5) is 25.3.